The molecule has 8 nitrogen and oxygen atoms in total. The van der Waals surface area contributed by atoms with Gasteiger partial charge in [-0.05, 0) is 38.1 Å². The predicted molar refractivity (Wildman–Crippen MR) is 117 cm³/mol. The molecule has 0 aliphatic carbocycles. The summed E-state index contributed by atoms with van der Waals surface area (Å²) in [7, 11) is -3.75. The molecule has 3 rings (SSSR count). The molecular weight excluding hydrogens is 423 g/mol. The van der Waals surface area contributed by atoms with Crippen LogP contribution in [0.5, 0.6) is 0 Å². The number of hydrogen-bond donors (Lipinski definition) is 2. The van der Waals surface area contributed by atoms with E-state index in [0.29, 0.717) is 15.7 Å². The zero-order valence-corrected chi connectivity index (χ0v) is 18.4. The van der Waals surface area contributed by atoms with E-state index in [1.165, 1.54) is 11.3 Å². The number of amides is 1. The first-order valence-corrected chi connectivity index (χ1v) is 11.9. The molecular formula is C20H23N4O4PS. The Hall–Kier alpha value is -2.58. The van der Waals surface area contributed by atoms with E-state index in [1.807, 2.05) is 36.4 Å². The number of carbonyl (C=O) groups excluding carboxylic acids is 1. The van der Waals surface area contributed by atoms with Crippen molar-refractivity contribution in [1.29, 1.82) is 0 Å². The summed E-state index contributed by atoms with van der Waals surface area (Å²) in [5.41, 5.74) is 1.26. The second kappa shape index (κ2) is 10.4. The van der Waals surface area contributed by atoms with Gasteiger partial charge in [0, 0.05) is 11.3 Å². The quantitative estimate of drug-likeness (QED) is 0.424. The van der Waals surface area contributed by atoms with Crippen LogP contribution in [-0.2, 0) is 13.6 Å². The van der Waals surface area contributed by atoms with Gasteiger partial charge in [0.1, 0.15) is 0 Å². The molecule has 2 N–H and O–H groups in total. The van der Waals surface area contributed by atoms with Crippen LogP contribution < -0.4 is 10.6 Å². The number of benzene rings is 2. The van der Waals surface area contributed by atoms with Gasteiger partial charge in [0.25, 0.3) is 5.91 Å². The zero-order valence-electron chi connectivity index (χ0n) is 16.6. The van der Waals surface area contributed by atoms with Crippen molar-refractivity contribution >= 4 is 35.7 Å². The van der Waals surface area contributed by atoms with E-state index in [-0.39, 0.29) is 13.2 Å². The normalized spacial score (nSPS) is 12.3. The van der Waals surface area contributed by atoms with Crippen LogP contribution >= 0.6 is 18.9 Å². The summed E-state index contributed by atoms with van der Waals surface area (Å²) in [6.07, 6.45) is 0. The maximum Gasteiger partial charge on any atom is 0.359 e. The van der Waals surface area contributed by atoms with Crippen LogP contribution in [0.4, 0.5) is 10.8 Å². The lowest BCUT2D eigenvalue weighted by Gasteiger charge is -2.25. The zero-order chi connectivity index (χ0) is 21.4. The Morgan fingerprint density at radius 3 is 2.20 bits per heavy atom. The molecule has 1 atom stereocenters. The summed E-state index contributed by atoms with van der Waals surface area (Å²) in [5, 5.41) is 15.0. The number of carbonyl (C=O) groups is 1. The number of aromatic nitrogens is 2. The Morgan fingerprint density at radius 2 is 1.60 bits per heavy atom. The molecule has 0 aliphatic heterocycles. The fourth-order valence-corrected chi connectivity index (χ4v) is 5.60. The lowest BCUT2D eigenvalue weighted by Crippen LogP contribution is -2.29. The topological polar surface area (TPSA) is 102 Å². The Kier molecular flexibility index (Phi) is 7.70. The molecule has 2 aromatic carbocycles. The third kappa shape index (κ3) is 5.52. The van der Waals surface area contributed by atoms with Gasteiger partial charge in [-0.25, -0.2) is 0 Å². The Balaban J connectivity index is 1.90. The van der Waals surface area contributed by atoms with Gasteiger partial charge in [-0.2, -0.15) is 0 Å². The average molecular weight is 446 g/mol. The summed E-state index contributed by atoms with van der Waals surface area (Å²) in [5.74, 6) is -1.50. The van der Waals surface area contributed by atoms with Crippen molar-refractivity contribution in [2.45, 2.75) is 19.6 Å². The summed E-state index contributed by atoms with van der Waals surface area (Å²) in [6, 6.07) is 18.1. The summed E-state index contributed by atoms with van der Waals surface area (Å²) >= 11 is 1.17. The highest BCUT2D eigenvalue weighted by Crippen LogP contribution is 2.60. The largest absolute Gasteiger partial charge is 0.359 e. The molecule has 0 radical (unpaired) electrons. The third-order valence-corrected chi connectivity index (χ3v) is 7.26. The predicted octanol–water partition coefficient (Wildman–Crippen LogP) is 4.98. The highest BCUT2D eigenvalue weighted by Gasteiger charge is 2.41. The van der Waals surface area contributed by atoms with Crippen molar-refractivity contribution in [2.75, 3.05) is 18.5 Å². The molecule has 1 aromatic heterocycles. The smallest absolute Gasteiger partial charge is 0.332 e. The van der Waals surface area contributed by atoms with Crippen molar-refractivity contribution in [1.82, 2.24) is 15.5 Å². The number of para-hydroxylation sites is 1. The molecule has 0 spiro atoms. The van der Waals surface area contributed by atoms with E-state index in [0.717, 1.165) is 5.69 Å². The molecule has 0 bridgehead atoms. The lowest BCUT2D eigenvalue weighted by atomic mass is 10.2. The molecule has 30 heavy (non-hydrogen) atoms. The maximum atomic E-state index is 13.5. The van der Waals surface area contributed by atoms with E-state index in [2.05, 4.69) is 20.8 Å². The molecule has 0 saturated carbocycles. The van der Waals surface area contributed by atoms with Gasteiger partial charge in [0.05, 0.1) is 13.2 Å². The van der Waals surface area contributed by atoms with Crippen LogP contribution in [0.3, 0.4) is 0 Å². The summed E-state index contributed by atoms with van der Waals surface area (Å²) < 4.78 is 24.5. The van der Waals surface area contributed by atoms with Crippen LogP contribution in [0.2, 0.25) is 0 Å². The van der Waals surface area contributed by atoms with Crippen LogP contribution in [0.15, 0.2) is 60.7 Å². The minimum absolute atomic E-state index is 0.156. The van der Waals surface area contributed by atoms with Crippen molar-refractivity contribution in [3.8, 4) is 0 Å². The van der Waals surface area contributed by atoms with Crippen LogP contribution in [-0.4, -0.2) is 29.3 Å². The van der Waals surface area contributed by atoms with E-state index in [1.54, 1.807) is 38.1 Å². The number of rotatable bonds is 10. The highest BCUT2D eigenvalue weighted by atomic mass is 32.1. The molecule has 1 heterocycles. The standard InChI is InChI=1S/C20H23N4O4PS/c1-3-27-29(26,28-4-2)18(22-17(25)15-11-7-5-8-12-15)19-23-24-20(30-19)21-16-13-9-6-10-14-16/h5-14,18H,3-4H2,1-2H3,(H,21,24)(H,22,25)/t18-/m0/s1. The van der Waals surface area contributed by atoms with Gasteiger partial charge in [-0.15, -0.1) is 10.2 Å². The van der Waals surface area contributed by atoms with Crippen molar-refractivity contribution in [3.05, 3.63) is 71.2 Å². The number of hydrogen-bond acceptors (Lipinski definition) is 8. The highest BCUT2D eigenvalue weighted by molar-refractivity contribution is 7.54. The fraction of sp³-hybridized carbons (Fsp3) is 0.250. The second-order valence-electron chi connectivity index (χ2n) is 6.05. The van der Waals surface area contributed by atoms with E-state index < -0.39 is 19.3 Å². The van der Waals surface area contributed by atoms with Gasteiger partial charge in [-0.3, -0.25) is 9.36 Å². The van der Waals surface area contributed by atoms with Crippen LogP contribution in [0.25, 0.3) is 0 Å². The minimum atomic E-state index is -3.75. The Morgan fingerprint density at radius 1 is 1.00 bits per heavy atom. The van der Waals surface area contributed by atoms with Crippen LogP contribution in [0, 0.1) is 0 Å². The summed E-state index contributed by atoms with van der Waals surface area (Å²) in [4.78, 5) is 12.8. The van der Waals surface area contributed by atoms with E-state index in [9.17, 15) is 9.36 Å². The monoisotopic (exact) mass is 446 g/mol. The molecule has 0 saturated heterocycles. The molecule has 158 valence electrons. The van der Waals surface area contributed by atoms with Crippen LogP contribution in [0.1, 0.15) is 35.0 Å². The molecule has 0 unspecified atom stereocenters. The molecule has 10 heteroatoms. The van der Waals surface area contributed by atoms with E-state index >= 15 is 0 Å². The second-order valence-corrected chi connectivity index (χ2v) is 9.18. The molecule has 1 amide bonds. The van der Waals surface area contributed by atoms with Crippen molar-refractivity contribution in [3.63, 3.8) is 0 Å². The molecule has 3 aromatic rings. The first-order valence-electron chi connectivity index (χ1n) is 9.46. The summed E-state index contributed by atoms with van der Waals surface area (Å²) in [6.45, 7) is 3.74. The van der Waals surface area contributed by atoms with Crippen molar-refractivity contribution in [2.24, 2.45) is 0 Å². The van der Waals surface area contributed by atoms with Gasteiger partial charge < -0.3 is 19.7 Å². The third-order valence-electron chi connectivity index (χ3n) is 3.94. The SMILES string of the molecule is CCOP(=O)(OCC)[C@H](NC(=O)c1ccccc1)c1nnc(Nc2ccccc2)s1. The lowest BCUT2D eigenvalue weighted by molar-refractivity contribution is 0.0937. The average Bonchev–Trinajstić information content (AvgIpc) is 3.21. The Bertz CT molecular complexity index is 990. The fourth-order valence-electron chi connectivity index (χ4n) is 2.66. The molecule has 0 fully saturated rings. The van der Waals surface area contributed by atoms with Gasteiger partial charge in [0.15, 0.2) is 10.8 Å². The Labute approximate surface area is 179 Å². The van der Waals surface area contributed by atoms with Gasteiger partial charge in [-0.1, -0.05) is 47.7 Å². The van der Waals surface area contributed by atoms with Gasteiger partial charge >= 0.3 is 7.60 Å². The first-order chi connectivity index (χ1) is 14.6. The number of nitrogens with zero attached hydrogens (tertiary/aromatic N) is 2. The minimum Gasteiger partial charge on any atom is -0.332 e. The van der Waals surface area contributed by atoms with E-state index in [4.69, 9.17) is 9.05 Å². The number of nitrogens with one attached hydrogen (secondary N) is 2. The number of anilines is 2. The van der Waals surface area contributed by atoms with Gasteiger partial charge in [0.2, 0.25) is 5.13 Å². The van der Waals surface area contributed by atoms with Crippen molar-refractivity contribution < 1.29 is 18.4 Å². The first kappa shape index (κ1) is 22.1. The maximum absolute atomic E-state index is 13.5. The molecule has 0 aliphatic rings.